The van der Waals surface area contributed by atoms with Crippen molar-refractivity contribution in [2.45, 2.75) is 13.8 Å². The van der Waals surface area contributed by atoms with Crippen LogP contribution >= 0.6 is 0 Å². The van der Waals surface area contributed by atoms with Gasteiger partial charge >= 0.3 is 51.4 Å². The van der Waals surface area contributed by atoms with Gasteiger partial charge in [-0.1, -0.05) is 13.8 Å². The molecular weight excluding hydrogens is 123 g/mol. The first-order valence-corrected chi connectivity index (χ1v) is 2.28. The van der Waals surface area contributed by atoms with E-state index in [-0.39, 0.29) is 51.4 Å². The third kappa shape index (κ3) is 10.1. The zero-order valence-corrected chi connectivity index (χ0v) is 9.11. The fraction of sp³-hybridized carbons (Fsp3) is 0.286. The van der Waals surface area contributed by atoms with E-state index in [2.05, 4.69) is 13.5 Å². The summed E-state index contributed by atoms with van der Waals surface area (Å²) in [6, 6.07) is 0. The van der Waals surface area contributed by atoms with Crippen LogP contribution < -0.4 is 51.4 Å². The molecule has 0 nitrogen and oxygen atoms in total. The van der Waals surface area contributed by atoms with Gasteiger partial charge in [-0.25, -0.2) is 18.6 Å². The molecule has 0 saturated carbocycles. The Hall–Kier alpha value is 0.986. The molecule has 0 aromatic carbocycles. The molecule has 0 fully saturated rings. The smallest absolute Gasteiger partial charge is 0.242 e. The normalized spacial score (nSPS) is 10.0. The van der Waals surface area contributed by atoms with Crippen LogP contribution in [0.3, 0.4) is 0 Å². The summed E-state index contributed by atoms with van der Waals surface area (Å²) in [6.07, 6.45) is 1.94. The van der Waals surface area contributed by atoms with Crippen molar-refractivity contribution >= 4 is 0 Å². The molecule has 0 aromatic rings. The SMILES string of the molecule is C=C(C)/C=C(/[CH2-])C.[K+]. The van der Waals surface area contributed by atoms with Gasteiger partial charge in [0.1, 0.15) is 0 Å². The van der Waals surface area contributed by atoms with Crippen LogP contribution in [0.4, 0.5) is 0 Å². The molecular formula is C7H11K. The Labute approximate surface area is 94.5 Å². The number of hydrogen-bond acceptors (Lipinski definition) is 0. The molecule has 8 heavy (non-hydrogen) atoms. The molecule has 0 rings (SSSR count). The second kappa shape index (κ2) is 6.11. The number of allylic oxidation sites excluding steroid dienone is 3. The largest absolute Gasteiger partial charge is 1.00 e. The Morgan fingerprint density at radius 1 is 1.50 bits per heavy atom. The van der Waals surface area contributed by atoms with Gasteiger partial charge in [-0.3, -0.25) is 0 Å². The second-order valence-corrected chi connectivity index (χ2v) is 1.84. The topological polar surface area (TPSA) is 0 Å². The predicted octanol–water partition coefficient (Wildman–Crippen LogP) is -0.653. The summed E-state index contributed by atoms with van der Waals surface area (Å²) in [4.78, 5) is 0. The Bertz CT molecular complexity index is 97.0. The minimum atomic E-state index is 0. The van der Waals surface area contributed by atoms with E-state index >= 15 is 0 Å². The molecule has 0 aliphatic carbocycles. The van der Waals surface area contributed by atoms with Gasteiger partial charge in [0.15, 0.2) is 0 Å². The summed E-state index contributed by atoms with van der Waals surface area (Å²) in [5, 5.41) is 0. The molecule has 0 bridgehead atoms. The summed E-state index contributed by atoms with van der Waals surface area (Å²) < 4.78 is 0. The maximum Gasteiger partial charge on any atom is 1.00 e. The fourth-order valence-corrected chi connectivity index (χ4v) is 0.421. The molecule has 0 aliphatic rings. The molecule has 0 radical (unpaired) electrons. The van der Waals surface area contributed by atoms with Crippen molar-refractivity contribution in [1.82, 2.24) is 0 Å². The van der Waals surface area contributed by atoms with Gasteiger partial charge in [0.25, 0.3) is 0 Å². The molecule has 1 heteroatoms. The van der Waals surface area contributed by atoms with E-state index in [1.54, 1.807) is 0 Å². The van der Waals surface area contributed by atoms with E-state index in [0.717, 1.165) is 11.1 Å². The van der Waals surface area contributed by atoms with Gasteiger partial charge in [0.05, 0.1) is 0 Å². The van der Waals surface area contributed by atoms with Gasteiger partial charge in [0.2, 0.25) is 0 Å². The van der Waals surface area contributed by atoms with E-state index in [4.69, 9.17) is 0 Å². The maximum absolute atomic E-state index is 3.68. The van der Waals surface area contributed by atoms with Crippen LogP contribution in [-0.2, 0) is 0 Å². The van der Waals surface area contributed by atoms with Gasteiger partial charge in [-0.05, 0) is 0 Å². The molecule has 0 aliphatic heterocycles. The zero-order chi connectivity index (χ0) is 5.86. The summed E-state index contributed by atoms with van der Waals surface area (Å²) in [5.74, 6) is 0. The van der Waals surface area contributed by atoms with E-state index in [1.807, 2.05) is 19.9 Å². The Balaban J connectivity index is 0. The average Bonchev–Trinajstić information content (AvgIpc) is 1.27. The van der Waals surface area contributed by atoms with Crippen molar-refractivity contribution in [2.75, 3.05) is 0 Å². The first-order valence-electron chi connectivity index (χ1n) is 2.28. The van der Waals surface area contributed by atoms with Crippen LogP contribution in [0.1, 0.15) is 13.8 Å². The molecule has 0 aromatic heterocycles. The van der Waals surface area contributed by atoms with Crippen LogP contribution in [-0.4, -0.2) is 0 Å². The van der Waals surface area contributed by atoms with E-state index in [0.29, 0.717) is 0 Å². The molecule has 0 N–H and O–H groups in total. The van der Waals surface area contributed by atoms with Gasteiger partial charge in [-0.15, -0.1) is 12.2 Å². The minimum Gasteiger partial charge on any atom is -0.242 e. The maximum atomic E-state index is 3.68. The first-order chi connectivity index (χ1) is 3.13. The molecule has 0 amide bonds. The predicted molar refractivity (Wildman–Crippen MR) is 33.9 cm³/mol. The van der Waals surface area contributed by atoms with Gasteiger partial charge < -0.3 is 0 Å². The summed E-state index contributed by atoms with van der Waals surface area (Å²) in [5.41, 5.74) is 2.12. The Morgan fingerprint density at radius 3 is 1.88 bits per heavy atom. The average molecular weight is 134 g/mol. The molecule has 0 saturated heterocycles. The second-order valence-electron chi connectivity index (χ2n) is 1.84. The van der Waals surface area contributed by atoms with Gasteiger partial charge in [0, 0.05) is 0 Å². The summed E-state index contributed by atoms with van der Waals surface area (Å²) in [7, 11) is 0. The summed E-state index contributed by atoms with van der Waals surface area (Å²) in [6.45, 7) is 11.3. The van der Waals surface area contributed by atoms with Crippen molar-refractivity contribution in [3.63, 3.8) is 0 Å². The zero-order valence-electron chi connectivity index (χ0n) is 5.99. The molecule has 0 heterocycles. The molecule has 0 atom stereocenters. The van der Waals surface area contributed by atoms with Gasteiger partial charge in [-0.2, -0.15) is 0 Å². The van der Waals surface area contributed by atoms with Crippen molar-refractivity contribution < 1.29 is 51.4 Å². The standard InChI is InChI=1S/C7H11.K/c1-6(2)5-7(3)4;/h5H,1,3H2,2,4H3;/q-1;+1/b6-5-;. The van der Waals surface area contributed by atoms with E-state index in [1.165, 1.54) is 0 Å². The Kier molecular flexibility index (Phi) is 8.97. The van der Waals surface area contributed by atoms with Crippen molar-refractivity contribution in [3.05, 3.63) is 30.7 Å². The fourth-order valence-electron chi connectivity index (χ4n) is 0.421. The monoisotopic (exact) mass is 134 g/mol. The van der Waals surface area contributed by atoms with Crippen molar-refractivity contribution in [3.8, 4) is 0 Å². The molecule has 0 unspecified atom stereocenters. The van der Waals surface area contributed by atoms with Crippen LogP contribution in [0.25, 0.3) is 0 Å². The van der Waals surface area contributed by atoms with Crippen molar-refractivity contribution in [2.24, 2.45) is 0 Å². The van der Waals surface area contributed by atoms with Crippen molar-refractivity contribution in [1.29, 1.82) is 0 Å². The Morgan fingerprint density at radius 2 is 1.88 bits per heavy atom. The van der Waals surface area contributed by atoms with Crippen LogP contribution in [0, 0.1) is 6.92 Å². The third-order valence-corrected chi connectivity index (χ3v) is 0.493. The molecule has 40 valence electrons. The molecule has 0 spiro atoms. The van der Waals surface area contributed by atoms with Crippen LogP contribution in [0.15, 0.2) is 23.8 Å². The first kappa shape index (κ1) is 11.7. The minimum absolute atomic E-state index is 0. The van der Waals surface area contributed by atoms with E-state index in [9.17, 15) is 0 Å². The number of rotatable bonds is 1. The third-order valence-electron chi connectivity index (χ3n) is 0.493. The number of hydrogen-bond donors (Lipinski definition) is 0. The van der Waals surface area contributed by atoms with Crippen LogP contribution in [0.2, 0.25) is 0 Å². The quantitative estimate of drug-likeness (QED) is 0.254. The van der Waals surface area contributed by atoms with E-state index < -0.39 is 0 Å². The van der Waals surface area contributed by atoms with Crippen LogP contribution in [0.5, 0.6) is 0 Å². The summed E-state index contributed by atoms with van der Waals surface area (Å²) >= 11 is 0.